The van der Waals surface area contributed by atoms with Gasteiger partial charge in [-0.3, -0.25) is 0 Å². The number of hydrogen-bond acceptors (Lipinski definition) is 2. The molecule has 0 amide bonds. The molecule has 1 aromatic carbocycles. The van der Waals surface area contributed by atoms with Crippen LogP contribution in [0.5, 0.6) is 0 Å². The van der Waals surface area contributed by atoms with E-state index < -0.39 is 0 Å². The van der Waals surface area contributed by atoms with E-state index in [0.29, 0.717) is 5.15 Å². The number of halogens is 3. The van der Waals surface area contributed by atoms with E-state index in [1.165, 1.54) is 0 Å². The Morgan fingerprint density at radius 2 is 2.00 bits per heavy atom. The SMILES string of the molecule is CC(Nc1ccc(Cl)nc1)c1ccc(Br)cc1Cl. The molecule has 2 aromatic rings. The van der Waals surface area contributed by atoms with E-state index in [1.807, 2.05) is 31.2 Å². The van der Waals surface area contributed by atoms with Crippen molar-refractivity contribution in [3.05, 3.63) is 56.7 Å². The van der Waals surface area contributed by atoms with Crippen molar-refractivity contribution in [2.45, 2.75) is 13.0 Å². The molecule has 1 aromatic heterocycles. The summed E-state index contributed by atoms with van der Waals surface area (Å²) >= 11 is 15.3. The number of aromatic nitrogens is 1. The van der Waals surface area contributed by atoms with Crippen molar-refractivity contribution in [1.29, 1.82) is 0 Å². The summed E-state index contributed by atoms with van der Waals surface area (Å²) in [7, 11) is 0. The van der Waals surface area contributed by atoms with Crippen LogP contribution in [0.15, 0.2) is 41.0 Å². The fourth-order valence-corrected chi connectivity index (χ4v) is 2.59. The quantitative estimate of drug-likeness (QED) is 0.761. The monoisotopic (exact) mass is 344 g/mol. The van der Waals surface area contributed by atoms with Crippen molar-refractivity contribution < 1.29 is 0 Å². The Morgan fingerprint density at radius 1 is 1.22 bits per heavy atom. The molecule has 0 saturated carbocycles. The zero-order chi connectivity index (χ0) is 13.1. The summed E-state index contributed by atoms with van der Waals surface area (Å²) in [6.07, 6.45) is 1.70. The molecule has 2 nitrogen and oxygen atoms in total. The average molecular weight is 346 g/mol. The van der Waals surface area contributed by atoms with Gasteiger partial charge in [-0.2, -0.15) is 0 Å². The minimum absolute atomic E-state index is 0.0913. The molecule has 0 aliphatic heterocycles. The van der Waals surface area contributed by atoms with Crippen LogP contribution >= 0.6 is 39.1 Å². The van der Waals surface area contributed by atoms with Gasteiger partial charge < -0.3 is 5.32 Å². The number of nitrogens with one attached hydrogen (secondary N) is 1. The summed E-state index contributed by atoms with van der Waals surface area (Å²) in [5.41, 5.74) is 1.95. The molecular weight excluding hydrogens is 335 g/mol. The predicted molar refractivity (Wildman–Crippen MR) is 80.4 cm³/mol. The molecule has 5 heteroatoms. The van der Waals surface area contributed by atoms with Gasteiger partial charge >= 0.3 is 0 Å². The first-order valence-electron chi connectivity index (χ1n) is 5.39. The lowest BCUT2D eigenvalue weighted by Crippen LogP contribution is -2.07. The van der Waals surface area contributed by atoms with Gasteiger partial charge in [0.25, 0.3) is 0 Å². The first-order chi connectivity index (χ1) is 8.56. The molecule has 1 unspecified atom stereocenters. The van der Waals surface area contributed by atoms with Gasteiger partial charge in [0.05, 0.1) is 17.9 Å². The van der Waals surface area contributed by atoms with Gasteiger partial charge in [-0.25, -0.2) is 4.98 Å². The minimum Gasteiger partial charge on any atom is -0.377 e. The zero-order valence-electron chi connectivity index (χ0n) is 9.62. The Morgan fingerprint density at radius 3 is 2.61 bits per heavy atom. The maximum Gasteiger partial charge on any atom is 0.129 e. The molecule has 0 saturated heterocycles. The second kappa shape index (κ2) is 5.91. The average Bonchev–Trinajstić information content (AvgIpc) is 2.32. The first-order valence-corrected chi connectivity index (χ1v) is 6.94. The second-order valence-corrected chi connectivity index (χ2v) is 5.61. The molecule has 0 bridgehead atoms. The molecule has 0 aliphatic carbocycles. The lowest BCUT2D eigenvalue weighted by molar-refractivity contribution is 0.883. The van der Waals surface area contributed by atoms with Crippen LogP contribution in [0.25, 0.3) is 0 Å². The number of rotatable bonds is 3. The van der Waals surface area contributed by atoms with Gasteiger partial charge in [0.1, 0.15) is 5.15 Å². The van der Waals surface area contributed by atoms with E-state index in [1.54, 1.807) is 12.3 Å². The Hall–Kier alpha value is -0.770. The van der Waals surface area contributed by atoms with Crippen LogP contribution < -0.4 is 5.32 Å². The third-order valence-electron chi connectivity index (χ3n) is 2.54. The Labute approximate surface area is 124 Å². The highest BCUT2D eigenvalue weighted by Gasteiger charge is 2.09. The molecule has 1 heterocycles. The van der Waals surface area contributed by atoms with E-state index in [2.05, 4.69) is 26.2 Å². The summed E-state index contributed by atoms with van der Waals surface area (Å²) < 4.78 is 0.969. The van der Waals surface area contributed by atoms with E-state index in [0.717, 1.165) is 20.7 Å². The van der Waals surface area contributed by atoms with Crippen LogP contribution in [0.3, 0.4) is 0 Å². The number of nitrogens with zero attached hydrogens (tertiary/aromatic N) is 1. The van der Waals surface area contributed by atoms with E-state index in [4.69, 9.17) is 23.2 Å². The van der Waals surface area contributed by atoms with E-state index in [9.17, 15) is 0 Å². The number of hydrogen-bond donors (Lipinski definition) is 1. The van der Waals surface area contributed by atoms with Crippen molar-refractivity contribution in [3.63, 3.8) is 0 Å². The molecule has 1 N–H and O–H groups in total. The van der Waals surface area contributed by atoms with Gasteiger partial charge in [0.2, 0.25) is 0 Å². The Balaban J connectivity index is 2.16. The number of pyridine rings is 1. The van der Waals surface area contributed by atoms with Crippen LogP contribution in [0.1, 0.15) is 18.5 Å². The third-order valence-corrected chi connectivity index (χ3v) is 3.58. The molecule has 0 spiro atoms. The summed E-state index contributed by atoms with van der Waals surface area (Å²) in [5, 5.41) is 4.53. The summed E-state index contributed by atoms with van der Waals surface area (Å²) in [5.74, 6) is 0. The standard InChI is InChI=1S/C13H11BrCl2N2/c1-8(11-4-2-9(14)6-12(11)15)18-10-3-5-13(16)17-7-10/h2-8,18H,1H3. The summed E-state index contributed by atoms with van der Waals surface area (Å²) in [4.78, 5) is 4.02. The molecule has 0 fully saturated rings. The number of anilines is 1. The van der Waals surface area contributed by atoms with Gasteiger partial charge in [0, 0.05) is 9.50 Å². The second-order valence-electron chi connectivity index (χ2n) is 3.90. The van der Waals surface area contributed by atoms with Gasteiger partial charge in [-0.05, 0) is 36.8 Å². The maximum atomic E-state index is 6.21. The molecule has 2 rings (SSSR count). The highest BCUT2D eigenvalue weighted by Crippen LogP contribution is 2.28. The Bertz CT molecular complexity index is 543. The summed E-state index contributed by atoms with van der Waals surface area (Å²) in [6.45, 7) is 2.05. The van der Waals surface area contributed by atoms with Crippen molar-refractivity contribution in [2.24, 2.45) is 0 Å². The maximum absolute atomic E-state index is 6.21. The normalized spacial score (nSPS) is 12.2. The number of benzene rings is 1. The lowest BCUT2D eigenvalue weighted by Gasteiger charge is -2.17. The first kappa shape index (κ1) is 13.7. The summed E-state index contributed by atoms with van der Waals surface area (Å²) in [6, 6.07) is 9.58. The van der Waals surface area contributed by atoms with Crippen LogP contribution in [-0.4, -0.2) is 4.98 Å². The molecule has 0 radical (unpaired) electrons. The van der Waals surface area contributed by atoms with Crippen molar-refractivity contribution in [3.8, 4) is 0 Å². The minimum atomic E-state index is 0.0913. The van der Waals surface area contributed by atoms with Gasteiger partial charge in [0.15, 0.2) is 0 Å². The molecule has 0 aliphatic rings. The fourth-order valence-electron chi connectivity index (χ4n) is 1.64. The van der Waals surface area contributed by atoms with Gasteiger partial charge in [-0.1, -0.05) is 45.2 Å². The van der Waals surface area contributed by atoms with E-state index in [-0.39, 0.29) is 6.04 Å². The van der Waals surface area contributed by atoms with Crippen molar-refractivity contribution in [1.82, 2.24) is 4.98 Å². The van der Waals surface area contributed by atoms with Crippen LogP contribution in [-0.2, 0) is 0 Å². The van der Waals surface area contributed by atoms with Crippen molar-refractivity contribution >= 4 is 44.8 Å². The molecule has 18 heavy (non-hydrogen) atoms. The zero-order valence-corrected chi connectivity index (χ0v) is 12.7. The molecular formula is C13H11BrCl2N2. The largest absolute Gasteiger partial charge is 0.377 e. The predicted octanol–water partition coefficient (Wildman–Crippen LogP) is 5.32. The smallest absolute Gasteiger partial charge is 0.129 e. The molecule has 1 atom stereocenters. The fraction of sp³-hybridized carbons (Fsp3) is 0.154. The molecule has 94 valence electrons. The van der Waals surface area contributed by atoms with Gasteiger partial charge in [-0.15, -0.1) is 0 Å². The highest BCUT2D eigenvalue weighted by atomic mass is 79.9. The third kappa shape index (κ3) is 3.37. The van der Waals surface area contributed by atoms with Crippen LogP contribution in [0, 0.1) is 0 Å². The van der Waals surface area contributed by atoms with Crippen molar-refractivity contribution in [2.75, 3.05) is 5.32 Å². The van der Waals surface area contributed by atoms with Crippen LogP contribution in [0.2, 0.25) is 10.2 Å². The highest BCUT2D eigenvalue weighted by molar-refractivity contribution is 9.10. The van der Waals surface area contributed by atoms with E-state index >= 15 is 0 Å². The lowest BCUT2D eigenvalue weighted by atomic mass is 10.1. The van der Waals surface area contributed by atoms with Crippen LogP contribution in [0.4, 0.5) is 5.69 Å². The topological polar surface area (TPSA) is 24.9 Å². The Kier molecular flexibility index (Phi) is 4.49.